The molecule has 0 heterocycles. The van der Waals surface area contributed by atoms with Gasteiger partial charge in [0.15, 0.2) is 0 Å². The Balaban J connectivity index is 2.02. The number of methoxy groups -OCH3 is 1. The summed E-state index contributed by atoms with van der Waals surface area (Å²) in [6.07, 6.45) is 0. The predicted octanol–water partition coefficient (Wildman–Crippen LogP) is 3.45. The molecule has 0 saturated carbocycles. The van der Waals surface area contributed by atoms with Crippen molar-refractivity contribution in [2.45, 2.75) is 6.92 Å². The summed E-state index contributed by atoms with van der Waals surface area (Å²) in [6.45, 7) is 2.22. The molecule has 0 radical (unpaired) electrons. The lowest BCUT2D eigenvalue weighted by molar-refractivity contribution is -0.116. The van der Waals surface area contributed by atoms with Gasteiger partial charge >= 0.3 is 0 Å². The van der Waals surface area contributed by atoms with Gasteiger partial charge in [-0.3, -0.25) is 9.59 Å². The van der Waals surface area contributed by atoms with Crippen LogP contribution < -0.4 is 10.1 Å². The summed E-state index contributed by atoms with van der Waals surface area (Å²) in [5.74, 6) is 0.166. The molecule has 0 fully saturated rings. The number of nitrogens with one attached hydrogen (secondary N) is 1. The zero-order chi connectivity index (χ0) is 17.5. The van der Waals surface area contributed by atoms with Crippen LogP contribution in [0.3, 0.4) is 0 Å². The molecule has 24 heavy (non-hydrogen) atoms. The maximum atomic E-state index is 12.5. The van der Waals surface area contributed by atoms with Crippen LogP contribution in [0, 0.1) is 0 Å². The lowest BCUT2D eigenvalue weighted by Crippen LogP contribution is -2.37. The summed E-state index contributed by atoms with van der Waals surface area (Å²) in [5, 5.41) is 3.32. The summed E-state index contributed by atoms with van der Waals surface area (Å²) in [6, 6.07) is 13.6. The summed E-state index contributed by atoms with van der Waals surface area (Å²) < 4.78 is 5.12. The van der Waals surface area contributed by atoms with Crippen molar-refractivity contribution in [3.8, 4) is 5.75 Å². The van der Waals surface area contributed by atoms with Crippen molar-refractivity contribution in [2.24, 2.45) is 0 Å². The number of hydrogen-bond acceptors (Lipinski definition) is 3. The van der Waals surface area contributed by atoms with Gasteiger partial charge in [0.2, 0.25) is 5.91 Å². The highest BCUT2D eigenvalue weighted by Crippen LogP contribution is 2.17. The average Bonchev–Trinajstić information content (AvgIpc) is 2.60. The topological polar surface area (TPSA) is 58.6 Å². The Morgan fingerprint density at radius 2 is 1.88 bits per heavy atom. The van der Waals surface area contributed by atoms with Crippen LogP contribution in [-0.2, 0) is 4.79 Å². The second-order valence-corrected chi connectivity index (χ2v) is 5.54. The molecular weight excluding hydrogens is 328 g/mol. The number of carbonyl (C=O) groups excluding carboxylic acids is 2. The molecule has 0 unspecified atom stereocenters. The number of halogens is 1. The third-order valence-electron chi connectivity index (χ3n) is 3.45. The third kappa shape index (κ3) is 4.73. The van der Waals surface area contributed by atoms with Crippen molar-refractivity contribution in [1.82, 2.24) is 4.90 Å². The van der Waals surface area contributed by atoms with Crippen LogP contribution in [-0.4, -0.2) is 36.9 Å². The van der Waals surface area contributed by atoms with E-state index in [4.69, 9.17) is 16.3 Å². The van der Waals surface area contributed by atoms with Gasteiger partial charge in [0.05, 0.1) is 7.11 Å². The molecule has 0 saturated heterocycles. The van der Waals surface area contributed by atoms with E-state index in [9.17, 15) is 9.59 Å². The Morgan fingerprint density at radius 1 is 1.17 bits per heavy atom. The number of nitrogens with zero attached hydrogens (tertiary/aromatic N) is 1. The highest BCUT2D eigenvalue weighted by molar-refractivity contribution is 6.30. The van der Waals surface area contributed by atoms with Crippen LogP contribution in [0.4, 0.5) is 5.69 Å². The van der Waals surface area contributed by atoms with Crippen LogP contribution in [0.5, 0.6) is 5.75 Å². The largest absolute Gasteiger partial charge is 0.497 e. The molecule has 126 valence electrons. The lowest BCUT2D eigenvalue weighted by Gasteiger charge is -2.20. The third-order valence-corrected chi connectivity index (χ3v) is 3.70. The highest BCUT2D eigenvalue weighted by atomic mass is 35.5. The molecule has 0 spiro atoms. The first kappa shape index (κ1) is 17.8. The van der Waals surface area contributed by atoms with E-state index >= 15 is 0 Å². The maximum Gasteiger partial charge on any atom is 0.254 e. The molecule has 0 atom stereocenters. The van der Waals surface area contributed by atoms with Crippen molar-refractivity contribution in [3.63, 3.8) is 0 Å². The van der Waals surface area contributed by atoms with Crippen molar-refractivity contribution in [3.05, 3.63) is 59.1 Å². The molecule has 6 heteroatoms. The van der Waals surface area contributed by atoms with Gasteiger partial charge in [-0.1, -0.05) is 17.7 Å². The summed E-state index contributed by atoms with van der Waals surface area (Å²) in [5.41, 5.74) is 1.12. The molecule has 0 aromatic heterocycles. The van der Waals surface area contributed by atoms with E-state index in [0.717, 1.165) is 0 Å². The summed E-state index contributed by atoms with van der Waals surface area (Å²) in [7, 11) is 1.56. The maximum absolute atomic E-state index is 12.5. The summed E-state index contributed by atoms with van der Waals surface area (Å²) in [4.78, 5) is 26.1. The van der Waals surface area contributed by atoms with E-state index in [0.29, 0.717) is 28.6 Å². The summed E-state index contributed by atoms with van der Waals surface area (Å²) >= 11 is 5.83. The van der Waals surface area contributed by atoms with E-state index < -0.39 is 0 Å². The molecule has 1 N–H and O–H groups in total. The van der Waals surface area contributed by atoms with Gasteiger partial charge < -0.3 is 15.0 Å². The van der Waals surface area contributed by atoms with Crippen LogP contribution in [0.15, 0.2) is 48.5 Å². The Labute approximate surface area is 146 Å². The smallest absolute Gasteiger partial charge is 0.254 e. The number of amides is 2. The molecule has 2 amide bonds. The second kappa shape index (κ2) is 8.36. The first-order valence-electron chi connectivity index (χ1n) is 7.52. The van der Waals surface area contributed by atoms with E-state index in [1.54, 1.807) is 55.6 Å². The minimum absolute atomic E-state index is 0.0326. The van der Waals surface area contributed by atoms with Gasteiger partial charge in [0.1, 0.15) is 12.3 Å². The van der Waals surface area contributed by atoms with Gasteiger partial charge in [-0.25, -0.2) is 0 Å². The van der Waals surface area contributed by atoms with Crippen molar-refractivity contribution in [2.75, 3.05) is 25.5 Å². The number of hydrogen-bond donors (Lipinski definition) is 1. The second-order valence-electron chi connectivity index (χ2n) is 5.11. The quantitative estimate of drug-likeness (QED) is 0.871. The average molecular weight is 347 g/mol. The fourth-order valence-corrected chi connectivity index (χ4v) is 2.30. The van der Waals surface area contributed by atoms with E-state index in [2.05, 4.69) is 5.32 Å². The number of benzene rings is 2. The molecule has 0 bridgehead atoms. The number of likely N-dealkylation sites (N-methyl/N-ethyl adjacent to an activating group) is 1. The molecular formula is C18H19ClN2O3. The molecule has 2 rings (SSSR count). The minimum atomic E-state index is -0.271. The fourth-order valence-electron chi connectivity index (χ4n) is 2.18. The first-order valence-corrected chi connectivity index (χ1v) is 7.90. The van der Waals surface area contributed by atoms with E-state index in [1.165, 1.54) is 4.90 Å². The minimum Gasteiger partial charge on any atom is -0.497 e. The highest BCUT2D eigenvalue weighted by Gasteiger charge is 2.17. The standard InChI is InChI=1S/C18H19ClN2O3/c1-3-21(18(23)13-7-9-14(19)10-8-13)12-17(22)20-15-5-4-6-16(11-15)24-2/h4-11H,3,12H2,1-2H3,(H,20,22). The first-order chi connectivity index (χ1) is 11.5. The fraction of sp³-hybridized carbons (Fsp3) is 0.222. The van der Waals surface area contributed by atoms with Crippen molar-refractivity contribution >= 4 is 29.1 Å². The number of rotatable bonds is 6. The number of ether oxygens (including phenoxy) is 1. The molecule has 2 aromatic rings. The van der Waals surface area contributed by atoms with Crippen LogP contribution in [0.25, 0.3) is 0 Å². The van der Waals surface area contributed by atoms with Gasteiger partial charge in [0, 0.05) is 28.9 Å². The van der Waals surface area contributed by atoms with Gasteiger partial charge in [0.25, 0.3) is 5.91 Å². The SMILES string of the molecule is CCN(CC(=O)Nc1cccc(OC)c1)C(=O)c1ccc(Cl)cc1. The Kier molecular flexibility index (Phi) is 6.21. The Bertz CT molecular complexity index is 716. The predicted molar refractivity (Wildman–Crippen MR) is 94.7 cm³/mol. The van der Waals surface area contributed by atoms with Crippen LogP contribution >= 0.6 is 11.6 Å². The Hall–Kier alpha value is -2.53. The van der Waals surface area contributed by atoms with Crippen molar-refractivity contribution in [1.29, 1.82) is 0 Å². The zero-order valence-electron chi connectivity index (χ0n) is 13.6. The van der Waals surface area contributed by atoms with Gasteiger partial charge in [-0.2, -0.15) is 0 Å². The molecule has 2 aromatic carbocycles. The van der Waals surface area contributed by atoms with Gasteiger partial charge in [-0.15, -0.1) is 0 Å². The monoisotopic (exact) mass is 346 g/mol. The van der Waals surface area contributed by atoms with Crippen LogP contribution in [0.1, 0.15) is 17.3 Å². The zero-order valence-corrected chi connectivity index (χ0v) is 14.3. The molecule has 5 nitrogen and oxygen atoms in total. The molecule has 0 aliphatic heterocycles. The van der Waals surface area contributed by atoms with Crippen LogP contribution in [0.2, 0.25) is 5.02 Å². The number of carbonyl (C=O) groups is 2. The Morgan fingerprint density at radius 3 is 2.50 bits per heavy atom. The molecule has 0 aliphatic carbocycles. The van der Waals surface area contributed by atoms with Gasteiger partial charge in [-0.05, 0) is 43.3 Å². The van der Waals surface area contributed by atoms with E-state index in [-0.39, 0.29) is 18.4 Å². The number of anilines is 1. The van der Waals surface area contributed by atoms with Crippen molar-refractivity contribution < 1.29 is 14.3 Å². The van der Waals surface area contributed by atoms with E-state index in [1.807, 2.05) is 6.92 Å². The molecule has 0 aliphatic rings. The lowest BCUT2D eigenvalue weighted by atomic mass is 10.2. The normalized spacial score (nSPS) is 10.1.